The maximum absolute atomic E-state index is 2.58. The fourth-order valence-corrected chi connectivity index (χ4v) is 24.7. The first kappa shape index (κ1) is 91.7. The van der Waals surface area contributed by atoms with Crippen LogP contribution in [0.1, 0.15) is 122 Å². The third-order valence-corrected chi connectivity index (χ3v) is 32.2. The van der Waals surface area contributed by atoms with Crippen molar-refractivity contribution in [3.8, 4) is 111 Å². The van der Waals surface area contributed by atoms with Gasteiger partial charge in [-0.15, -0.1) is 0 Å². The van der Waals surface area contributed by atoms with Crippen LogP contribution >= 0.6 is 0 Å². The van der Waals surface area contributed by atoms with E-state index in [4.69, 9.17) is 0 Å². The number of hydrogen-bond donors (Lipinski definition) is 0. The average molecular weight is 1900 g/mol. The smallest absolute Gasteiger partial charge is 0.0540 e. The van der Waals surface area contributed by atoms with E-state index in [1.54, 1.807) is 0 Å². The molecule has 0 radical (unpaired) electrons. The van der Waals surface area contributed by atoms with E-state index in [2.05, 4.69) is 588 Å². The maximum atomic E-state index is 2.58. The van der Waals surface area contributed by atoms with Gasteiger partial charge in [0.1, 0.15) is 0 Å². The second-order valence-electron chi connectivity index (χ2n) is 43.0. The third-order valence-electron chi connectivity index (χ3n) is 32.2. The molecule has 0 saturated heterocycles. The Balaban J connectivity index is 0.000000155. The zero-order valence-electron chi connectivity index (χ0n) is 86.0. The molecule has 148 heavy (non-hydrogen) atoms. The van der Waals surface area contributed by atoms with E-state index in [-0.39, 0.29) is 21.7 Å². The monoisotopic (exact) mass is 1900 g/mol. The molecule has 4 heteroatoms. The lowest BCUT2D eigenvalue weighted by Gasteiger charge is -2.30. The Hall–Kier alpha value is -17.4. The van der Waals surface area contributed by atoms with Crippen LogP contribution in [-0.2, 0) is 21.7 Å². The summed E-state index contributed by atoms with van der Waals surface area (Å²) in [6.07, 6.45) is 0. The van der Waals surface area contributed by atoms with E-state index >= 15 is 0 Å². The summed E-state index contributed by atoms with van der Waals surface area (Å²) >= 11 is 0. The van der Waals surface area contributed by atoms with Crippen molar-refractivity contribution in [1.82, 2.24) is 0 Å². The maximum Gasteiger partial charge on any atom is 0.0540 e. The third kappa shape index (κ3) is 15.7. The van der Waals surface area contributed by atoms with E-state index in [1.807, 2.05) is 0 Å². The number of para-hydroxylation sites is 2. The lowest BCUT2D eigenvalue weighted by Crippen LogP contribution is -2.17. The summed E-state index contributed by atoms with van der Waals surface area (Å²) in [5.41, 5.74) is 53.5. The van der Waals surface area contributed by atoms with Gasteiger partial charge >= 0.3 is 0 Å². The Labute approximate surface area is 871 Å². The molecule has 4 aliphatic carbocycles. The first-order valence-corrected chi connectivity index (χ1v) is 52.1. The minimum atomic E-state index is -0.308. The van der Waals surface area contributed by atoms with Gasteiger partial charge in [0.25, 0.3) is 0 Å². The van der Waals surface area contributed by atoms with Gasteiger partial charge in [0.05, 0.1) is 11.4 Å². The van der Waals surface area contributed by atoms with Crippen LogP contribution in [-0.4, -0.2) is 0 Å². The van der Waals surface area contributed by atoms with Crippen LogP contribution < -0.4 is 19.6 Å². The molecule has 0 bridgehead atoms. The van der Waals surface area contributed by atoms with Gasteiger partial charge < -0.3 is 19.6 Å². The topological polar surface area (TPSA) is 13.0 Å². The van der Waals surface area contributed by atoms with Crippen LogP contribution in [0.4, 0.5) is 68.2 Å². The summed E-state index contributed by atoms with van der Waals surface area (Å²) in [5, 5.41) is 5.13. The highest BCUT2D eigenvalue weighted by Gasteiger charge is 2.45. The molecular weight excluding hydrogens is 1790 g/mol. The normalized spacial score (nSPS) is 13.5. The van der Waals surface area contributed by atoms with Gasteiger partial charge in [0.15, 0.2) is 0 Å². The van der Waals surface area contributed by atoms with Crippen molar-refractivity contribution in [2.24, 2.45) is 0 Å². The van der Waals surface area contributed by atoms with Crippen LogP contribution in [0.5, 0.6) is 0 Å². The second kappa shape index (κ2) is 36.4. The highest BCUT2D eigenvalue weighted by Crippen LogP contribution is 2.63. The Morgan fingerprint density at radius 1 is 0.142 bits per heavy atom. The number of fused-ring (bicyclic) bond motifs is 14. The Morgan fingerprint density at radius 3 is 0.703 bits per heavy atom. The van der Waals surface area contributed by atoms with Crippen LogP contribution in [0.25, 0.3) is 133 Å². The van der Waals surface area contributed by atoms with Crippen molar-refractivity contribution in [2.75, 3.05) is 19.6 Å². The molecule has 0 saturated carbocycles. The molecule has 0 aromatic heterocycles. The SMILES string of the molecule is CC1(C)c2cc(N(c3ccccc3)c3ccc(-c4ccccc4)cc3-c3ccccc3)ccc2-c2cc3cc4c(cc3cc21)-c1ccc(N(c2ccccc2)c2ccc(-c3ccccc3)cc2-c2ccccc2)cc1C4(C)C.Cc1cccc(N(c2cccc(C)c2)c2ccc3c(c2)C(C)(C)c2cc4c(-c5ccccc5)c5c(cc4c(-c4ccccc4)c2-3)C(C)(C)c2cc(N(c3cccc(C)c3)c3cccc(C)c3)ccc2-5)c1. The summed E-state index contributed by atoms with van der Waals surface area (Å²) in [5.74, 6) is 0. The fourth-order valence-electron chi connectivity index (χ4n) is 24.7. The molecule has 0 unspecified atom stereocenters. The molecule has 22 aromatic carbocycles. The molecule has 0 fully saturated rings. The van der Waals surface area contributed by atoms with E-state index in [1.165, 1.54) is 200 Å². The predicted octanol–water partition coefficient (Wildman–Crippen LogP) is 40.0. The molecule has 4 nitrogen and oxygen atoms in total. The van der Waals surface area contributed by atoms with Gasteiger partial charge in [-0.2, -0.15) is 0 Å². The average Bonchev–Trinajstić information content (AvgIpc) is 1.52. The van der Waals surface area contributed by atoms with Crippen molar-refractivity contribution in [3.63, 3.8) is 0 Å². The van der Waals surface area contributed by atoms with Crippen molar-refractivity contribution in [2.45, 2.75) is 105 Å². The summed E-state index contributed by atoms with van der Waals surface area (Å²) in [6.45, 7) is 28.1. The molecule has 0 amide bonds. The first-order chi connectivity index (χ1) is 72.0. The largest absolute Gasteiger partial charge is 0.310 e. The van der Waals surface area contributed by atoms with Crippen LogP contribution in [0.2, 0.25) is 0 Å². The summed E-state index contributed by atoms with van der Waals surface area (Å²) in [4.78, 5) is 9.76. The van der Waals surface area contributed by atoms with Gasteiger partial charge in [-0.3, -0.25) is 0 Å². The van der Waals surface area contributed by atoms with E-state index in [9.17, 15) is 0 Å². The minimum absolute atomic E-state index is 0.249. The molecule has 0 N–H and O–H groups in total. The van der Waals surface area contributed by atoms with Gasteiger partial charge in [0, 0.05) is 89.7 Å². The number of anilines is 12. The molecule has 26 rings (SSSR count). The number of rotatable bonds is 18. The standard InChI is InChI=1S/C76H58N2.C68H58N2/c1-75(2)69-47-57-46-68-64-40-38-62(78(60-33-21-10-22-34-60)74-42-36-56(52-25-13-6-14-26-52)44-66(74)54-29-17-8-18-30-54)50-72(64)76(3,4)70(68)48-58(57)45-67(69)63-39-37-61(49-71(63)75)77(59-31-19-9-20-32-59)73-41-35-55(51-23-11-5-12-24-51)43-65(73)53-27-15-7-16-28-53;1-43-19-15-27-49(35-43)69(50-28-16-20-44(2)36-50)53-31-33-55-59(39-53)67(5,6)61-41-57-58(63(65(55)61)47-23-11-9-12-24-47)42-62-66(64(57)48-25-13-10-14-26-48)56-34-32-54(40-60(56)68(62,7)8)70(51-29-17-21-45(3)37-51)52-30-18-22-46(4)38-52/h5-50H,1-4H3;9-42H,1-8H3. The summed E-state index contributed by atoms with van der Waals surface area (Å²) < 4.78 is 0. The minimum Gasteiger partial charge on any atom is -0.310 e. The Bertz CT molecular complexity index is 8360. The zero-order valence-corrected chi connectivity index (χ0v) is 86.0. The number of benzene rings is 22. The van der Waals surface area contributed by atoms with Gasteiger partial charge in [0.2, 0.25) is 0 Å². The fraction of sp³-hybridized carbons (Fsp3) is 0.111. The summed E-state index contributed by atoms with van der Waals surface area (Å²) in [6, 6.07) is 180. The molecule has 22 aromatic rings. The molecule has 712 valence electrons. The molecule has 0 heterocycles. The number of nitrogens with zero attached hydrogens (tertiary/aromatic N) is 4. The number of hydrogen-bond acceptors (Lipinski definition) is 4. The van der Waals surface area contributed by atoms with Crippen molar-refractivity contribution >= 4 is 89.8 Å². The van der Waals surface area contributed by atoms with Crippen molar-refractivity contribution < 1.29 is 0 Å². The van der Waals surface area contributed by atoms with E-state index in [0.29, 0.717) is 0 Å². The quantitative estimate of drug-likeness (QED) is 0.0849. The molecule has 0 spiro atoms. The van der Waals surface area contributed by atoms with Gasteiger partial charge in [-0.1, -0.05) is 359 Å². The lowest BCUT2D eigenvalue weighted by molar-refractivity contribution is 0.660. The highest BCUT2D eigenvalue weighted by atomic mass is 15.2. The van der Waals surface area contributed by atoms with Crippen LogP contribution in [0, 0.1) is 27.7 Å². The van der Waals surface area contributed by atoms with Crippen LogP contribution in [0.3, 0.4) is 0 Å². The second-order valence-corrected chi connectivity index (χ2v) is 43.0. The van der Waals surface area contributed by atoms with Crippen LogP contribution in [0.15, 0.2) is 485 Å². The van der Waals surface area contributed by atoms with E-state index < -0.39 is 0 Å². The van der Waals surface area contributed by atoms with Gasteiger partial charge in [-0.25, -0.2) is 0 Å². The van der Waals surface area contributed by atoms with Gasteiger partial charge in [-0.05, 0) is 398 Å². The van der Waals surface area contributed by atoms with Crippen molar-refractivity contribution in [3.05, 3.63) is 552 Å². The Morgan fingerprint density at radius 2 is 0.392 bits per heavy atom. The van der Waals surface area contributed by atoms with E-state index in [0.717, 1.165) is 68.2 Å². The first-order valence-electron chi connectivity index (χ1n) is 52.1. The molecule has 0 aliphatic heterocycles. The van der Waals surface area contributed by atoms with Crippen molar-refractivity contribution in [1.29, 1.82) is 0 Å². The lowest BCUT2D eigenvalue weighted by atomic mass is 9.76. The Kier molecular flexibility index (Phi) is 22.6. The molecule has 4 aliphatic rings. The zero-order chi connectivity index (χ0) is 101. The molecule has 0 atom stereocenters. The summed E-state index contributed by atoms with van der Waals surface area (Å²) in [7, 11) is 0. The molecular formula is C144H116N4. The highest BCUT2D eigenvalue weighted by molar-refractivity contribution is 6.17. The predicted molar refractivity (Wildman–Crippen MR) is 628 cm³/mol. The number of aryl methyl sites for hydroxylation is 4.